The van der Waals surface area contributed by atoms with Gasteiger partial charge in [0.15, 0.2) is 0 Å². The monoisotopic (exact) mass is 240 g/mol. The van der Waals surface area contributed by atoms with Crippen LogP contribution in [0.3, 0.4) is 0 Å². The quantitative estimate of drug-likeness (QED) is 0.867. The molecule has 1 atom stereocenters. The van der Waals surface area contributed by atoms with Gasteiger partial charge in [0.1, 0.15) is 0 Å². The van der Waals surface area contributed by atoms with Crippen LogP contribution in [0, 0.1) is 0 Å². The minimum atomic E-state index is 0.169. The molecule has 0 bridgehead atoms. The van der Waals surface area contributed by atoms with Crippen molar-refractivity contribution in [3.63, 3.8) is 0 Å². The molecule has 18 heavy (non-hydrogen) atoms. The molecule has 0 spiro atoms. The lowest BCUT2D eigenvalue weighted by Gasteiger charge is -2.17. The van der Waals surface area contributed by atoms with Crippen LogP contribution < -0.4 is 5.32 Å². The lowest BCUT2D eigenvalue weighted by Crippen LogP contribution is -2.18. The van der Waals surface area contributed by atoms with Crippen molar-refractivity contribution >= 4 is 0 Å². The Morgan fingerprint density at radius 1 is 1.17 bits per heavy atom. The van der Waals surface area contributed by atoms with Gasteiger partial charge in [-0.25, -0.2) is 0 Å². The molecule has 1 aromatic carbocycles. The highest BCUT2D eigenvalue weighted by Gasteiger charge is 2.12. The maximum absolute atomic E-state index is 4.44. The van der Waals surface area contributed by atoms with Crippen LogP contribution in [0.25, 0.3) is 0 Å². The molecule has 1 heterocycles. The average molecular weight is 240 g/mol. The molecule has 0 radical (unpaired) electrons. The second kappa shape index (κ2) is 6.31. The van der Waals surface area contributed by atoms with E-state index in [1.54, 1.807) is 0 Å². The number of nitrogens with zero attached hydrogens (tertiary/aromatic N) is 1. The Morgan fingerprint density at radius 2 is 2.06 bits per heavy atom. The average Bonchev–Trinajstić information content (AvgIpc) is 2.42. The third kappa shape index (κ3) is 2.96. The molecule has 2 aromatic rings. The molecule has 2 rings (SSSR count). The third-order valence-electron chi connectivity index (χ3n) is 3.10. The fourth-order valence-corrected chi connectivity index (χ4v) is 2.25. The lowest BCUT2D eigenvalue weighted by atomic mass is 9.99. The van der Waals surface area contributed by atoms with Gasteiger partial charge in [0.05, 0.1) is 11.7 Å². The number of aromatic nitrogens is 1. The molecule has 2 heteroatoms. The predicted molar refractivity (Wildman–Crippen MR) is 75.6 cm³/mol. The fraction of sp³-hybridized carbons (Fsp3) is 0.312. The number of pyridine rings is 1. The minimum Gasteiger partial charge on any atom is -0.308 e. The Bertz CT molecular complexity index is 479. The topological polar surface area (TPSA) is 24.9 Å². The van der Waals surface area contributed by atoms with E-state index in [2.05, 4.69) is 47.6 Å². The SMILES string of the molecule is CCCc1cccc(C(NC)c2ccccn2)c1. The fourth-order valence-electron chi connectivity index (χ4n) is 2.25. The molecule has 0 fully saturated rings. The Labute approximate surface area is 109 Å². The molecule has 1 unspecified atom stereocenters. The van der Waals surface area contributed by atoms with Crippen molar-refractivity contribution in [2.24, 2.45) is 0 Å². The van der Waals surface area contributed by atoms with Crippen LogP contribution in [0.4, 0.5) is 0 Å². The number of hydrogen-bond donors (Lipinski definition) is 1. The zero-order chi connectivity index (χ0) is 12.8. The van der Waals surface area contributed by atoms with Crippen molar-refractivity contribution in [3.8, 4) is 0 Å². The maximum atomic E-state index is 4.44. The van der Waals surface area contributed by atoms with E-state index in [4.69, 9.17) is 0 Å². The standard InChI is InChI=1S/C16H20N2/c1-3-7-13-8-6-9-14(12-13)16(17-2)15-10-4-5-11-18-15/h4-6,8-12,16-17H,3,7H2,1-2H3. The molecule has 2 nitrogen and oxygen atoms in total. The highest BCUT2D eigenvalue weighted by molar-refractivity contribution is 5.31. The summed E-state index contributed by atoms with van der Waals surface area (Å²) in [4.78, 5) is 4.44. The Balaban J connectivity index is 2.30. The molecule has 0 aliphatic heterocycles. The number of aryl methyl sites for hydroxylation is 1. The normalized spacial score (nSPS) is 12.3. The molecule has 0 saturated heterocycles. The summed E-state index contributed by atoms with van der Waals surface area (Å²) in [5.74, 6) is 0. The molecule has 0 aliphatic rings. The van der Waals surface area contributed by atoms with Crippen molar-refractivity contribution in [3.05, 3.63) is 65.5 Å². The summed E-state index contributed by atoms with van der Waals surface area (Å²) in [6.45, 7) is 2.21. The molecule has 1 N–H and O–H groups in total. The smallest absolute Gasteiger partial charge is 0.0749 e. The summed E-state index contributed by atoms with van der Waals surface area (Å²) in [5, 5.41) is 3.34. The van der Waals surface area contributed by atoms with Gasteiger partial charge in [0.25, 0.3) is 0 Å². The van der Waals surface area contributed by atoms with Gasteiger partial charge in [-0.05, 0) is 36.7 Å². The van der Waals surface area contributed by atoms with E-state index in [-0.39, 0.29) is 6.04 Å². The zero-order valence-corrected chi connectivity index (χ0v) is 11.1. The molecule has 0 aliphatic carbocycles. The summed E-state index contributed by atoms with van der Waals surface area (Å²) < 4.78 is 0. The van der Waals surface area contributed by atoms with Gasteiger partial charge in [0.2, 0.25) is 0 Å². The number of benzene rings is 1. The van der Waals surface area contributed by atoms with Gasteiger partial charge in [-0.1, -0.05) is 43.7 Å². The van der Waals surface area contributed by atoms with Crippen molar-refractivity contribution in [2.45, 2.75) is 25.8 Å². The second-order valence-electron chi connectivity index (χ2n) is 4.47. The van der Waals surface area contributed by atoms with E-state index >= 15 is 0 Å². The van der Waals surface area contributed by atoms with Crippen LogP contribution in [-0.4, -0.2) is 12.0 Å². The van der Waals surface area contributed by atoms with Crippen LogP contribution in [0.2, 0.25) is 0 Å². The molecule has 0 saturated carbocycles. The molecule has 1 aromatic heterocycles. The van der Waals surface area contributed by atoms with Crippen molar-refractivity contribution in [1.29, 1.82) is 0 Å². The Hall–Kier alpha value is -1.67. The first-order valence-electron chi connectivity index (χ1n) is 6.52. The van der Waals surface area contributed by atoms with Gasteiger partial charge < -0.3 is 5.32 Å². The van der Waals surface area contributed by atoms with E-state index in [0.717, 1.165) is 12.1 Å². The van der Waals surface area contributed by atoms with Crippen LogP contribution in [-0.2, 0) is 6.42 Å². The van der Waals surface area contributed by atoms with E-state index in [1.165, 1.54) is 17.5 Å². The zero-order valence-electron chi connectivity index (χ0n) is 11.1. The van der Waals surface area contributed by atoms with Crippen LogP contribution in [0.1, 0.15) is 36.2 Å². The van der Waals surface area contributed by atoms with Crippen LogP contribution >= 0.6 is 0 Å². The van der Waals surface area contributed by atoms with E-state index in [0.29, 0.717) is 0 Å². The molecule has 94 valence electrons. The van der Waals surface area contributed by atoms with E-state index < -0.39 is 0 Å². The van der Waals surface area contributed by atoms with Gasteiger partial charge in [-0.2, -0.15) is 0 Å². The van der Waals surface area contributed by atoms with Crippen molar-refractivity contribution < 1.29 is 0 Å². The van der Waals surface area contributed by atoms with Crippen LogP contribution in [0.5, 0.6) is 0 Å². The van der Waals surface area contributed by atoms with Gasteiger partial charge in [-0.3, -0.25) is 4.98 Å². The first kappa shape index (κ1) is 12.8. The largest absolute Gasteiger partial charge is 0.308 e. The molecular weight excluding hydrogens is 220 g/mol. The van der Waals surface area contributed by atoms with Crippen LogP contribution in [0.15, 0.2) is 48.7 Å². The van der Waals surface area contributed by atoms with Gasteiger partial charge >= 0.3 is 0 Å². The Kier molecular flexibility index (Phi) is 4.48. The summed E-state index contributed by atoms with van der Waals surface area (Å²) in [6, 6.07) is 15.0. The van der Waals surface area contributed by atoms with E-state index in [1.807, 2.05) is 25.4 Å². The summed E-state index contributed by atoms with van der Waals surface area (Å²) in [5.41, 5.74) is 3.74. The molecular formula is C16H20N2. The Morgan fingerprint density at radius 3 is 2.72 bits per heavy atom. The van der Waals surface area contributed by atoms with Gasteiger partial charge in [-0.15, -0.1) is 0 Å². The lowest BCUT2D eigenvalue weighted by molar-refractivity contribution is 0.669. The first-order valence-corrected chi connectivity index (χ1v) is 6.52. The summed E-state index contributed by atoms with van der Waals surface area (Å²) in [7, 11) is 1.98. The summed E-state index contributed by atoms with van der Waals surface area (Å²) in [6.07, 6.45) is 4.15. The van der Waals surface area contributed by atoms with Crippen molar-refractivity contribution in [1.82, 2.24) is 10.3 Å². The predicted octanol–water partition coefficient (Wildman–Crippen LogP) is 3.34. The number of rotatable bonds is 5. The third-order valence-corrected chi connectivity index (χ3v) is 3.10. The minimum absolute atomic E-state index is 0.169. The maximum Gasteiger partial charge on any atom is 0.0749 e. The highest BCUT2D eigenvalue weighted by Crippen LogP contribution is 2.21. The second-order valence-corrected chi connectivity index (χ2v) is 4.47. The first-order chi connectivity index (χ1) is 8.85. The van der Waals surface area contributed by atoms with Gasteiger partial charge in [0, 0.05) is 6.20 Å². The highest BCUT2D eigenvalue weighted by atomic mass is 14.9. The van der Waals surface area contributed by atoms with Crippen molar-refractivity contribution in [2.75, 3.05) is 7.05 Å². The molecule has 0 amide bonds. The summed E-state index contributed by atoms with van der Waals surface area (Å²) >= 11 is 0. The van der Waals surface area contributed by atoms with E-state index in [9.17, 15) is 0 Å². The number of hydrogen-bond acceptors (Lipinski definition) is 2. The number of nitrogens with one attached hydrogen (secondary N) is 1.